The van der Waals surface area contributed by atoms with Gasteiger partial charge in [-0.3, -0.25) is 0 Å². The maximum atomic E-state index is 5.99. The summed E-state index contributed by atoms with van der Waals surface area (Å²) in [6, 6.07) is 18.8. The molecule has 0 bridgehead atoms. The molecule has 0 atom stereocenters. The first kappa shape index (κ1) is 15.3. The van der Waals surface area contributed by atoms with Crippen LogP contribution in [0.5, 0.6) is 0 Å². The van der Waals surface area contributed by atoms with Gasteiger partial charge in [0.2, 0.25) is 0 Å². The summed E-state index contributed by atoms with van der Waals surface area (Å²) in [4.78, 5) is 2.57. The lowest BCUT2D eigenvalue weighted by Crippen LogP contribution is -2.20. The van der Waals surface area contributed by atoms with Crippen molar-refractivity contribution >= 4 is 23.3 Å². The Kier molecular flexibility index (Phi) is 5.31. The molecule has 114 valence electrons. The molecule has 0 saturated carbocycles. The molecule has 0 aliphatic carbocycles. The molecule has 0 aromatic heterocycles. The van der Waals surface area contributed by atoms with E-state index in [1.54, 1.807) is 0 Å². The number of likely N-dealkylation sites (tertiary alicyclic amines) is 1. The summed E-state index contributed by atoms with van der Waals surface area (Å²) < 4.78 is 0. The van der Waals surface area contributed by atoms with Crippen molar-refractivity contribution in [3.63, 3.8) is 0 Å². The average molecular weight is 312 g/mol. The van der Waals surface area contributed by atoms with Gasteiger partial charge in [-0.2, -0.15) is 0 Å². The zero-order valence-electron chi connectivity index (χ0n) is 12.8. The fourth-order valence-corrected chi connectivity index (χ4v) is 3.12. The Morgan fingerprint density at radius 3 is 2.32 bits per heavy atom. The minimum atomic E-state index is 0.787. The summed E-state index contributed by atoms with van der Waals surface area (Å²) in [5, 5.41) is 0.787. The van der Waals surface area contributed by atoms with E-state index in [1.807, 2.05) is 12.1 Å². The molecule has 0 spiro atoms. The zero-order valence-corrected chi connectivity index (χ0v) is 13.6. The lowest BCUT2D eigenvalue weighted by atomic mass is 9.99. The van der Waals surface area contributed by atoms with Crippen LogP contribution in [0.3, 0.4) is 0 Å². The van der Waals surface area contributed by atoms with Crippen molar-refractivity contribution in [2.24, 2.45) is 0 Å². The van der Waals surface area contributed by atoms with Crippen LogP contribution in [0.2, 0.25) is 5.02 Å². The molecule has 0 unspecified atom stereocenters. The van der Waals surface area contributed by atoms with Crippen LogP contribution in [0.25, 0.3) is 11.6 Å². The largest absolute Gasteiger partial charge is 0.303 e. The van der Waals surface area contributed by atoms with E-state index in [-0.39, 0.29) is 0 Å². The minimum Gasteiger partial charge on any atom is -0.303 e. The molecule has 22 heavy (non-hydrogen) atoms. The highest BCUT2D eigenvalue weighted by Gasteiger charge is 2.12. The Labute approximate surface area is 138 Å². The second-order valence-corrected chi connectivity index (χ2v) is 6.32. The van der Waals surface area contributed by atoms with E-state index in [2.05, 4.69) is 53.4 Å². The first-order valence-electron chi connectivity index (χ1n) is 8.05. The number of hydrogen-bond donors (Lipinski definition) is 0. The van der Waals surface area contributed by atoms with Crippen molar-refractivity contribution in [2.75, 3.05) is 19.6 Å². The number of nitrogens with zero attached hydrogens (tertiary/aromatic N) is 1. The smallest absolute Gasteiger partial charge is 0.0406 e. The highest BCUT2D eigenvalue weighted by molar-refractivity contribution is 6.30. The van der Waals surface area contributed by atoms with Crippen LogP contribution >= 0.6 is 11.6 Å². The Balaban J connectivity index is 1.80. The Hall–Kier alpha value is -1.57. The molecule has 1 fully saturated rings. The van der Waals surface area contributed by atoms with E-state index in [1.165, 1.54) is 42.6 Å². The Morgan fingerprint density at radius 1 is 0.955 bits per heavy atom. The van der Waals surface area contributed by atoms with Crippen LogP contribution in [0.4, 0.5) is 0 Å². The number of rotatable bonds is 5. The van der Waals surface area contributed by atoms with Gasteiger partial charge in [0, 0.05) is 11.6 Å². The van der Waals surface area contributed by atoms with Crippen LogP contribution in [-0.4, -0.2) is 24.5 Å². The lowest BCUT2D eigenvalue weighted by molar-refractivity contribution is 0.348. The van der Waals surface area contributed by atoms with Crippen molar-refractivity contribution in [3.05, 3.63) is 70.7 Å². The molecule has 3 rings (SSSR count). The standard InChI is InChI=1S/C20H22ClN/c21-20-10-8-17(9-11-20)16-19(18-6-2-1-3-7-18)12-15-22-13-4-5-14-22/h1-3,6-11,16H,4-5,12-15H2. The first-order chi connectivity index (χ1) is 10.8. The summed E-state index contributed by atoms with van der Waals surface area (Å²) in [5.74, 6) is 0. The van der Waals surface area contributed by atoms with E-state index in [4.69, 9.17) is 11.6 Å². The van der Waals surface area contributed by atoms with Crippen LogP contribution in [-0.2, 0) is 0 Å². The van der Waals surface area contributed by atoms with Crippen LogP contribution in [0.15, 0.2) is 54.6 Å². The average Bonchev–Trinajstić information content (AvgIpc) is 3.07. The van der Waals surface area contributed by atoms with Gasteiger partial charge in [0.1, 0.15) is 0 Å². The van der Waals surface area contributed by atoms with E-state index in [9.17, 15) is 0 Å². The van der Waals surface area contributed by atoms with Gasteiger partial charge in [-0.15, -0.1) is 0 Å². The third-order valence-corrected chi connectivity index (χ3v) is 4.50. The van der Waals surface area contributed by atoms with Gasteiger partial charge >= 0.3 is 0 Å². The van der Waals surface area contributed by atoms with Crippen LogP contribution in [0.1, 0.15) is 30.4 Å². The fraction of sp³-hybridized carbons (Fsp3) is 0.300. The highest BCUT2D eigenvalue weighted by Crippen LogP contribution is 2.23. The van der Waals surface area contributed by atoms with Crippen molar-refractivity contribution in [1.29, 1.82) is 0 Å². The second kappa shape index (κ2) is 7.62. The van der Waals surface area contributed by atoms with Gasteiger partial charge in [-0.05, 0) is 61.2 Å². The highest BCUT2D eigenvalue weighted by atomic mass is 35.5. The van der Waals surface area contributed by atoms with Crippen molar-refractivity contribution in [1.82, 2.24) is 4.90 Å². The van der Waals surface area contributed by atoms with Crippen molar-refractivity contribution in [2.45, 2.75) is 19.3 Å². The van der Waals surface area contributed by atoms with E-state index >= 15 is 0 Å². The van der Waals surface area contributed by atoms with Gasteiger partial charge < -0.3 is 4.90 Å². The van der Waals surface area contributed by atoms with Gasteiger partial charge in [0.15, 0.2) is 0 Å². The third-order valence-electron chi connectivity index (χ3n) is 4.25. The first-order valence-corrected chi connectivity index (χ1v) is 8.43. The maximum Gasteiger partial charge on any atom is 0.0406 e. The topological polar surface area (TPSA) is 3.24 Å². The second-order valence-electron chi connectivity index (χ2n) is 5.89. The number of halogens is 1. The molecule has 0 N–H and O–H groups in total. The molecule has 1 nitrogen and oxygen atoms in total. The molecular weight excluding hydrogens is 290 g/mol. The molecule has 2 heteroatoms. The zero-order chi connectivity index (χ0) is 15.2. The van der Waals surface area contributed by atoms with E-state index in [0.29, 0.717) is 0 Å². The quantitative estimate of drug-likeness (QED) is 0.671. The monoisotopic (exact) mass is 311 g/mol. The molecule has 2 aromatic carbocycles. The molecule has 1 aliphatic heterocycles. The van der Waals surface area contributed by atoms with Crippen molar-refractivity contribution < 1.29 is 0 Å². The van der Waals surface area contributed by atoms with Crippen molar-refractivity contribution in [3.8, 4) is 0 Å². The molecule has 2 aromatic rings. The molecule has 0 radical (unpaired) electrons. The molecule has 0 amide bonds. The maximum absolute atomic E-state index is 5.99. The molecule has 1 heterocycles. The Morgan fingerprint density at radius 2 is 1.64 bits per heavy atom. The summed E-state index contributed by atoms with van der Waals surface area (Å²) in [6.45, 7) is 3.65. The SMILES string of the molecule is Clc1ccc(C=C(CCN2CCCC2)c2ccccc2)cc1. The van der Waals surface area contributed by atoms with E-state index < -0.39 is 0 Å². The van der Waals surface area contributed by atoms with Gasteiger partial charge in [0.05, 0.1) is 0 Å². The number of benzene rings is 2. The molecular formula is C20H22ClN. The van der Waals surface area contributed by atoms with Gasteiger partial charge in [-0.25, -0.2) is 0 Å². The minimum absolute atomic E-state index is 0.787. The summed E-state index contributed by atoms with van der Waals surface area (Å²) in [6.07, 6.45) is 6.08. The summed E-state index contributed by atoms with van der Waals surface area (Å²) in [5.41, 5.74) is 3.93. The van der Waals surface area contributed by atoms with Gasteiger partial charge in [-0.1, -0.05) is 60.1 Å². The van der Waals surface area contributed by atoms with Crippen LogP contribution in [0, 0.1) is 0 Å². The summed E-state index contributed by atoms with van der Waals surface area (Å²) >= 11 is 5.99. The molecule has 1 saturated heterocycles. The normalized spacial score (nSPS) is 16.1. The van der Waals surface area contributed by atoms with Gasteiger partial charge in [0.25, 0.3) is 0 Å². The summed E-state index contributed by atoms with van der Waals surface area (Å²) in [7, 11) is 0. The predicted molar refractivity (Wildman–Crippen MR) is 96.1 cm³/mol. The third kappa shape index (κ3) is 4.22. The van der Waals surface area contributed by atoms with E-state index in [0.717, 1.165) is 18.0 Å². The lowest BCUT2D eigenvalue weighted by Gasteiger charge is -2.16. The Bertz CT molecular complexity index is 610. The fourth-order valence-electron chi connectivity index (χ4n) is 3.00. The number of hydrogen-bond acceptors (Lipinski definition) is 1. The molecule has 1 aliphatic rings. The van der Waals surface area contributed by atoms with Crippen LogP contribution < -0.4 is 0 Å². The predicted octanol–water partition coefficient (Wildman–Crippen LogP) is 5.37.